The standard InChI is InChI=1S/C10H14N2O2/c1-12-4-2-7-6-9(10(13)14)11-8(7)3-5-12/h6,11H,2-5H2,1H3,(H,13,14). The molecule has 2 heterocycles. The maximum Gasteiger partial charge on any atom is 0.352 e. The zero-order valence-corrected chi connectivity index (χ0v) is 8.21. The van der Waals surface area contributed by atoms with Crippen molar-refractivity contribution in [3.8, 4) is 0 Å². The molecule has 0 atom stereocenters. The molecule has 0 spiro atoms. The minimum absolute atomic E-state index is 0.319. The van der Waals surface area contributed by atoms with E-state index in [2.05, 4.69) is 16.9 Å². The predicted octanol–water partition coefficient (Wildman–Crippen LogP) is 0.743. The van der Waals surface area contributed by atoms with Crippen LogP contribution in [0.4, 0.5) is 0 Å². The molecule has 0 aromatic carbocycles. The molecule has 1 aromatic heterocycles. The van der Waals surface area contributed by atoms with Crippen molar-refractivity contribution in [3.63, 3.8) is 0 Å². The van der Waals surface area contributed by atoms with Crippen LogP contribution >= 0.6 is 0 Å². The number of fused-ring (bicyclic) bond motifs is 1. The van der Waals surface area contributed by atoms with Crippen molar-refractivity contribution < 1.29 is 9.90 Å². The lowest BCUT2D eigenvalue weighted by Gasteiger charge is -2.11. The Kier molecular flexibility index (Phi) is 2.29. The van der Waals surface area contributed by atoms with E-state index in [1.807, 2.05) is 0 Å². The van der Waals surface area contributed by atoms with Gasteiger partial charge in [-0.1, -0.05) is 0 Å². The highest BCUT2D eigenvalue weighted by Gasteiger charge is 2.16. The quantitative estimate of drug-likeness (QED) is 0.693. The van der Waals surface area contributed by atoms with Gasteiger partial charge < -0.3 is 15.0 Å². The number of aromatic nitrogens is 1. The van der Waals surface area contributed by atoms with Crippen LogP contribution in [0.5, 0.6) is 0 Å². The van der Waals surface area contributed by atoms with Crippen molar-refractivity contribution in [3.05, 3.63) is 23.0 Å². The van der Waals surface area contributed by atoms with E-state index >= 15 is 0 Å². The second-order valence-electron chi connectivity index (χ2n) is 3.80. The summed E-state index contributed by atoms with van der Waals surface area (Å²) in [5.74, 6) is -0.869. The van der Waals surface area contributed by atoms with Gasteiger partial charge in [0.2, 0.25) is 0 Å². The number of nitrogens with one attached hydrogen (secondary N) is 1. The molecule has 0 saturated heterocycles. The number of H-pyrrole nitrogens is 1. The average molecular weight is 194 g/mol. The molecule has 0 saturated carbocycles. The van der Waals surface area contributed by atoms with Crippen LogP contribution in [0.15, 0.2) is 6.07 Å². The fourth-order valence-electron chi connectivity index (χ4n) is 1.83. The Labute approximate surface area is 82.5 Å². The number of nitrogens with zero attached hydrogens (tertiary/aromatic N) is 1. The number of carboxylic acids is 1. The minimum atomic E-state index is -0.869. The lowest BCUT2D eigenvalue weighted by Crippen LogP contribution is -2.21. The molecule has 1 aliphatic heterocycles. The van der Waals surface area contributed by atoms with Crippen molar-refractivity contribution in [1.29, 1.82) is 0 Å². The first-order valence-corrected chi connectivity index (χ1v) is 4.79. The third-order valence-electron chi connectivity index (χ3n) is 2.73. The highest BCUT2D eigenvalue weighted by atomic mass is 16.4. The number of rotatable bonds is 1. The monoisotopic (exact) mass is 194 g/mol. The van der Waals surface area contributed by atoms with Gasteiger partial charge in [0.15, 0.2) is 0 Å². The molecule has 76 valence electrons. The van der Waals surface area contributed by atoms with E-state index in [4.69, 9.17) is 5.11 Å². The summed E-state index contributed by atoms with van der Waals surface area (Å²) in [5, 5.41) is 8.81. The molecule has 14 heavy (non-hydrogen) atoms. The molecule has 0 radical (unpaired) electrons. The van der Waals surface area contributed by atoms with Gasteiger partial charge >= 0.3 is 5.97 Å². The summed E-state index contributed by atoms with van der Waals surface area (Å²) in [6.07, 6.45) is 1.86. The van der Waals surface area contributed by atoms with Crippen LogP contribution in [0.2, 0.25) is 0 Å². The first-order chi connectivity index (χ1) is 6.66. The van der Waals surface area contributed by atoms with Gasteiger partial charge in [0.05, 0.1) is 0 Å². The number of hydrogen-bond acceptors (Lipinski definition) is 2. The molecule has 4 heteroatoms. The first kappa shape index (κ1) is 9.27. The maximum atomic E-state index is 10.7. The zero-order chi connectivity index (χ0) is 10.1. The molecule has 4 nitrogen and oxygen atoms in total. The van der Waals surface area contributed by atoms with Crippen molar-refractivity contribution in [2.45, 2.75) is 12.8 Å². The first-order valence-electron chi connectivity index (χ1n) is 4.79. The fourth-order valence-corrected chi connectivity index (χ4v) is 1.83. The van der Waals surface area contributed by atoms with Gasteiger partial charge in [0, 0.05) is 25.2 Å². The number of aromatic amines is 1. The summed E-state index contributed by atoms with van der Waals surface area (Å²) in [5.41, 5.74) is 2.57. The van der Waals surface area contributed by atoms with Gasteiger partial charge in [-0.2, -0.15) is 0 Å². The van der Waals surface area contributed by atoms with Crippen molar-refractivity contribution >= 4 is 5.97 Å². The third kappa shape index (κ3) is 1.65. The van der Waals surface area contributed by atoms with Gasteiger partial charge in [-0.3, -0.25) is 0 Å². The highest BCUT2D eigenvalue weighted by molar-refractivity contribution is 5.86. The Morgan fingerprint density at radius 3 is 2.93 bits per heavy atom. The summed E-state index contributed by atoms with van der Waals surface area (Å²) >= 11 is 0. The summed E-state index contributed by atoms with van der Waals surface area (Å²) in [7, 11) is 2.09. The average Bonchev–Trinajstić information content (AvgIpc) is 2.48. The van der Waals surface area contributed by atoms with E-state index in [0.29, 0.717) is 5.69 Å². The Morgan fingerprint density at radius 1 is 1.50 bits per heavy atom. The number of hydrogen-bond donors (Lipinski definition) is 2. The Morgan fingerprint density at radius 2 is 2.21 bits per heavy atom. The summed E-state index contributed by atoms with van der Waals surface area (Å²) < 4.78 is 0. The number of aromatic carboxylic acids is 1. The van der Waals surface area contributed by atoms with Gasteiger partial charge in [-0.25, -0.2) is 4.79 Å². The van der Waals surface area contributed by atoms with Crippen LogP contribution in [-0.4, -0.2) is 41.1 Å². The van der Waals surface area contributed by atoms with Crippen LogP contribution in [0, 0.1) is 0 Å². The molecule has 2 rings (SSSR count). The van der Waals surface area contributed by atoms with Gasteiger partial charge in [0.25, 0.3) is 0 Å². The summed E-state index contributed by atoms with van der Waals surface area (Å²) in [6, 6.07) is 1.76. The van der Waals surface area contributed by atoms with Crippen molar-refractivity contribution in [2.75, 3.05) is 20.1 Å². The largest absolute Gasteiger partial charge is 0.477 e. The molecular weight excluding hydrogens is 180 g/mol. The zero-order valence-electron chi connectivity index (χ0n) is 8.21. The van der Waals surface area contributed by atoms with E-state index in [9.17, 15) is 4.79 Å². The molecular formula is C10H14N2O2. The van der Waals surface area contributed by atoms with Gasteiger partial charge in [0.1, 0.15) is 5.69 Å². The summed E-state index contributed by atoms with van der Waals surface area (Å²) in [4.78, 5) is 16.0. The normalized spacial score (nSPS) is 17.5. The van der Waals surface area contributed by atoms with E-state index in [1.54, 1.807) is 6.07 Å². The van der Waals surface area contributed by atoms with E-state index in [-0.39, 0.29) is 0 Å². The lowest BCUT2D eigenvalue weighted by atomic mass is 10.1. The molecule has 0 fully saturated rings. The minimum Gasteiger partial charge on any atom is -0.477 e. The Balaban J connectivity index is 2.26. The summed E-state index contributed by atoms with van der Waals surface area (Å²) in [6.45, 7) is 2.00. The van der Waals surface area contributed by atoms with Crippen molar-refractivity contribution in [1.82, 2.24) is 9.88 Å². The molecule has 0 aliphatic carbocycles. The molecule has 2 N–H and O–H groups in total. The van der Waals surface area contributed by atoms with E-state index in [1.165, 1.54) is 0 Å². The van der Waals surface area contributed by atoms with Crippen LogP contribution in [0.25, 0.3) is 0 Å². The van der Waals surface area contributed by atoms with E-state index in [0.717, 1.165) is 37.2 Å². The fraction of sp³-hybridized carbons (Fsp3) is 0.500. The lowest BCUT2D eigenvalue weighted by molar-refractivity contribution is 0.0691. The van der Waals surface area contributed by atoms with Crippen LogP contribution in [-0.2, 0) is 12.8 Å². The van der Waals surface area contributed by atoms with Gasteiger partial charge in [-0.15, -0.1) is 0 Å². The number of likely N-dealkylation sites (N-methyl/N-ethyl adjacent to an activating group) is 1. The number of carboxylic acid groups (broad SMARTS) is 1. The van der Waals surface area contributed by atoms with Crippen LogP contribution < -0.4 is 0 Å². The van der Waals surface area contributed by atoms with Gasteiger partial charge in [-0.05, 0) is 25.1 Å². The van der Waals surface area contributed by atoms with Crippen LogP contribution in [0.1, 0.15) is 21.7 Å². The van der Waals surface area contributed by atoms with Crippen molar-refractivity contribution in [2.24, 2.45) is 0 Å². The Bertz CT molecular complexity index is 332. The number of carbonyl (C=O) groups is 1. The second-order valence-corrected chi connectivity index (χ2v) is 3.80. The molecule has 0 unspecified atom stereocenters. The SMILES string of the molecule is CN1CCc2cc(C(=O)O)[nH]c2CC1. The molecule has 0 amide bonds. The predicted molar refractivity (Wildman–Crippen MR) is 52.7 cm³/mol. The third-order valence-corrected chi connectivity index (χ3v) is 2.73. The highest BCUT2D eigenvalue weighted by Crippen LogP contribution is 2.16. The smallest absolute Gasteiger partial charge is 0.352 e. The van der Waals surface area contributed by atoms with E-state index < -0.39 is 5.97 Å². The molecule has 1 aliphatic rings. The maximum absolute atomic E-state index is 10.7. The molecule has 0 bridgehead atoms. The Hall–Kier alpha value is -1.29. The topological polar surface area (TPSA) is 56.3 Å². The second kappa shape index (κ2) is 3.46. The van der Waals surface area contributed by atoms with Crippen LogP contribution in [0.3, 0.4) is 0 Å². The molecule has 1 aromatic rings.